The molecule has 1 N–H and O–H groups in total. The van der Waals surface area contributed by atoms with Gasteiger partial charge in [0.2, 0.25) is 0 Å². The molecule has 0 heterocycles. The maximum absolute atomic E-state index is 12.0. The van der Waals surface area contributed by atoms with Crippen molar-refractivity contribution in [3.8, 4) is 0 Å². The minimum Gasteiger partial charge on any atom is -0.267 e. The molecule has 0 radical (unpaired) electrons. The van der Waals surface area contributed by atoms with Gasteiger partial charge in [-0.15, -0.1) is 0 Å². The normalized spacial score (nSPS) is 11.2. The van der Waals surface area contributed by atoms with Crippen LogP contribution in [0.4, 0.5) is 5.69 Å². The molecule has 140 valence electrons. The van der Waals surface area contributed by atoms with Crippen molar-refractivity contribution in [2.45, 2.75) is 13.8 Å². The van der Waals surface area contributed by atoms with Crippen molar-refractivity contribution in [1.82, 2.24) is 5.43 Å². The zero-order valence-corrected chi connectivity index (χ0v) is 16.4. The van der Waals surface area contributed by atoms with Crippen molar-refractivity contribution in [2.75, 3.05) is 0 Å². The second-order valence-electron chi connectivity index (χ2n) is 6.42. The molecule has 0 saturated carbocycles. The van der Waals surface area contributed by atoms with E-state index in [9.17, 15) is 4.79 Å². The average Bonchev–Trinajstić information content (AvgIpc) is 2.70. The van der Waals surface area contributed by atoms with Crippen LogP contribution in [0.1, 0.15) is 32.6 Å². The predicted octanol–water partition coefficient (Wildman–Crippen LogP) is 5.47. The standard InChI is InChI=1S/C23H20ClN3O/c1-16-3-4-17(2)22(13-16)25-14-18-5-7-19(8-6-18)15-26-27-23(28)20-9-11-21(24)12-10-20/h3-15H,1-2H3,(H,27,28)/b25-14?,26-15+. The lowest BCUT2D eigenvalue weighted by Crippen LogP contribution is -2.17. The van der Waals surface area contributed by atoms with E-state index in [2.05, 4.69) is 40.6 Å². The van der Waals surface area contributed by atoms with Gasteiger partial charge in [-0.05, 0) is 66.4 Å². The van der Waals surface area contributed by atoms with E-state index < -0.39 is 0 Å². The number of hydrazone groups is 1. The molecular weight excluding hydrogens is 370 g/mol. The molecule has 28 heavy (non-hydrogen) atoms. The van der Waals surface area contributed by atoms with Gasteiger partial charge >= 0.3 is 0 Å². The number of carbonyl (C=O) groups is 1. The number of hydrogen-bond acceptors (Lipinski definition) is 3. The Kier molecular flexibility index (Phi) is 6.35. The Morgan fingerprint density at radius 2 is 1.54 bits per heavy atom. The SMILES string of the molecule is Cc1ccc(C)c(N=Cc2ccc(/C=N/NC(=O)c3ccc(Cl)cc3)cc2)c1. The number of rotatable bonds is 5. The van der Waals surface area contributed by atoms with Crippen LogP contribution < -0.4 is 5.43 Å². The third-order valence-corrected chi connectivity index (χ3v) is 4.39. The number of amides is 1. The van der Waals surface area contributed by atoms with Gasteiger partial charge in [-0.1, -0.05) is 48.0 Å². The number of carbonyl (C=O) groups excluding carboxylic acids is 1. The lowest BCUT2D eigenvalue weighted by Gasteiger charge is -2.02. The summed E-state index contributed by atoms with van der Waals surface area (Å²) in [4.78, 5) is 16.6. The lowest BCUT2D eigenvalue weighted by atomic mass is 10.1. The van der Waals surface area contributed by atoms with Gasteiger partial charge in [-0.2, -0.15) is 5.10 Å². The first-order valence-corrected chi connectivity index (χ1v) is 9.19. The number of benzene rings is 3. The molecule has 0 fully saturated rings. The molecule has 5 heteroatoms. The Morgan fingerprint density at radius 3 is 2.21 bits per heavy atom. The van der Waals surface area contributed by atoms with Gasteiger partial charge < -0.3 is 0 Å². The second kappa shape index (κ2) is 9.11. The summed E-state index contributed by atoms with van der Waals surface area (Å²) in [6.45, 7) is 4.10. The molecule has 0 aliphatic rings. The van der Waals surface area contributed by atoms with Crippen molar-refractivity contribution >= 4 is 35.6 Å². The van der Waals surface area contributed by atoms with Crippen molar-refractivity contribution in [3.05, 3.63) is 99.6 Å². The first kappa shape index (κ1) is 19.5. The molecule has 0 spiro atoms. The van der Waals surface area contributed by atoms with Crippen LogP contribution in [0.2, 0.25) is 5.02 Å². The molecule has 0 atom stereocenters. The summed E-state index contributed by atoms with van der Waals surface area (Å²) in [5, 5.41) is 4.58. The maximum atomic E-state index is 12.0. The van der Waals surface area contributed by atoms with Crippen LogP contribution in [-0.4, -0.2) is 18.3 Å². The number of halogens is 1. The van der Waals surface area contributed by atoms with Crippen molar-refractivity contribution in [2.24, 2.45) is 10.1 Å². The summed E-state index contributed by atoms with van der Waals surface area (Å²) in [5.74, 6) is -0.287. The summed E-state index contributed by atoms with van der Waals surface area (Å²) in [6.07, 6.45) is 3.43. The van der Waals surface area contributed by atoms with Crippen molar-refractivity contribution in [3.63, 3.8) is 0 Å². The number of hydrogen-bond donors (Lipinski definition) is 1. The molecular formula is C23H20ClN3O. The van der Waals surface area contributed by atoms with E-state index in [1.165, 1.54) is 5.56 Å². The second-order valence-corrected chi connectivity index (χ2v) is 6.86. The molecule has 4 nitrogen and oxygen atoms in total. The number of aryl methyl sites for hydroxylation is 2. The molecule has 3 aromatic carbocycles. The van der Waals surface area contributed by atoms with Gasteiger partial charge in [0.15, 0.2) is 0 Å². The van der Waals surface area contributed by atoms with Gasteiger partial charge in [0.1, 0.15) is 0 Å². The lowest BCUT2D eigenvalue weighted by molar-refractivity contribution is 0.0955. The van der Waals surface area contributed by atoms with Gasteiger partial charge in [0, 0.05) is 16.8 Å². The number of aliphatic imine (C=N–C) groups is 1. The largest absolute Gasteiger partial charge is 0.271 e. The van der Waals surface area contributed by atoms with Crippen LogP contribution in [0.3, 0.4) is 0 Å². The highest BCUT2D eigenvalue weighted by molar-refractivity contribution is 6.30. The van der Waals surface area contributed by atoms with E-state index >= 15 is 0 Å². The fraction of sp³-hybridized carbons (Fsp3) is 0.0870. The fourth-order valence-corrected chi connectivity index (χ4v) is 2.63. The molecule has 0 unspecified atom stereocenters. The molecule has 3 aromatic rings. The molecule has 1 amide bonds. The Labute approximate surface area is 169 Å². The zero-order chi connectivity index (χ0) is 19.9. The van der Waals surface area contributed by atoms with E-state index in [4.69, 9.17) is 11.6 Å². The Hall–Kier alpha value is -3.24. The minimum atomic E-state index is -0.287. The first-order valence-electron chi connectivity index (χ1n) is 8.81. The van der Waals surface area contributed by atoms with Crippen LogP contribution in [0.25, 0.3) is 0 Å². The smallest absolute Gasteiger partial charge is 0.267 e. The van der Waals surface area contributed by atoms with E-state index in [0.29, 0.717) is 10.6 Å². The minimum absolute atomic E-state index is 0.287. The molecule has 0 aromatic heterocycles. The van der Waals surface area contributed by atoms with E-state index in [1.807, 2.05) is 37.4 Å². The molecule has 0 bridgehead atoms. The van der Waals surface area contributed by atoms with Gasteiger partial charge in [-0.3, -0.25) is 9.79 Å². The van der Waals surface area contributed by atoms with Crippen LogP contribution in [0.5, 0.6) is 0 Å². The Bertz CT molecular complexity index is 1020. The highest BCUT2D eigenvalue weighted by Gasteiger charge is 2.03. The predicted molar refractivity (Wildman–Crippen MR) is 116 cm³/mol. The molecule has 3 rings (SSSR count). The van der Waals surface area contributed by atoms with Gasteiger partial charge in [-0.25, -0.2) is 5.43 Å². The zero-order valence-electron chi connectivity index (χ0n) is 15.7. The van der Waals surface area contributed by atoms with E-state index in [0.717, 1.165) is 22.4 Å². The van der Waals surface area contributed by atoms with Crippen LogP contribution >= 0.6 is 11.6 Å². The molecule has 0 aliphatic carbocycles. The van der Waals surface area contributed by atoms with E-state index in [1.54, 1.807) is 30.5 Å². The summed E-state index contributed by atoms with van der Waals surface area (Å²) in [5.41, 5.74) is 8.16. The Morgan fingerprint density at radius 1 is 0.893 bits per heavy atom. The number of nitrogens with one attached hydrogen (secondary N) is 1. The monoisotopic (exact) mass is 389 g/mol. The third-order valence-electron chi connectivity index (χ3n) is 4.14. The Balaban J connectivity index is 1.60. The molecule has 0 aliphatic heterocycles. The van der Waals surface area contributed by atoms with E-state index in [-0.39, 0.29) is 5.91 Å². The van der Waals surface area contributed by atoms with Crippen molar-refractivity contribution < 1.29 is 4.79 Å². The summed E-state index contributed by atoms with van der Waals surface area (Å²) in [7, 11) is 0. The van der Waals surface area contributed by atoms with Gasteiger partial charge in [0.25, 0.3) is 5.91 Å². The average molecular weight is 390 g/mol. The summed E-state index contributed by atoms with van der Waals surface area (Å²) in [6, 6.07) is 20.6. The summed E-state index contributed by atoms with van der Waals surface area (Å²) < 4.78 is 0. The highest BCUT2D eigenvalue weighted by Crippen LogP contribution is 2.19. The van der Waals surface area contributed by atoms with Gasteiger partial charge in [0.05, 0.1) is 11.9 Å². The number of nitrogens with zero attached hydrogens (tertiary/aromatic N) is 2. The highest BCUT2D eigenvalue weighted by atomic mass is 35.5. The third kappa shape index (κ3) is 5.38. The quantitative estimate of drug-likeness (QED) is 0.456. The van der Waals surface area contributed by atoms with Crippen LogP contribution in [0, 0.1) is 13.8 Å². The molecule has 0 saturated heterocycles. The van der Waals surface area contributed by atoms with Crippen LogP contribution in [0.15, 0.2) is 76.8 Å². The summed E-state index contributed by atoms with van der Waals surface area (Å²) >= 11 is 5.81. The topological polar surface area (TPSA) is 53.8 Å². The van der Waals surface area contributed by atoms with Crippen molar-refractivity contribution in [1.29, 1.82) is 0 Å². The maximum Gasteiger partial charge on any atom is 0.271 e. The first-order chi connectivity index (χ1) is 13.5. The fourth-order valence-electron chi connectivity index (χ4n) is 2.50. The van der Waals surface area contributed by atoms with Crippen LogP contribution in [-0.2, 0) is 0 Å².